The standard InChI is InChI=1S/C27H27N2O6P/c1-20(36(33,34-21-12-4-2-5-13-21)35-22-14-6-3-7-15-22)28-25(30)18-10-11-19-29-26(31)23-16-8-9-17-24(23)27(29)32/h2-9,12-17,20H,10-11,18-19H2,1H3,(H,28,30)/t20-/m0/s1. The molecule has 1 atom stereocenters. The summed E-state index contributed by atoms with van der Waals surface area (Å²) in [5, 5.41) is 2.72. The van der Waals surface area contributed by atoms with Crippen molar-refractivity contribution < 1.29 is 28.0 Å². The van der Waals surface area contributed by atoms with Crippen LogP contribution in [0.5, 0.6) is 11.5 Å². The van der Waals surface area contributed by atoms with Gasteiger partial charge >= 0.3 is 7.60 Å². The van der Waals surface area contributed by atoms with Gasteiger partial charge in [-0.25, -0.2) is 4.57 Å². The molecule has 8 nitrogen and oxygen atoms in total. The molecule has 3 aromatic rings. The van der Waals surface area contributed by atoms with Gasteiger partial charge in [-0.15, -0.1) is 0 Å². The first-order chi connectivity index (χ1) is 17.4. The lowest BCUT2D eigenvalue weighted by atomic mass is 10.1. The number of para-hydroxylation sites is 2. The number of nitrogens with zero attached hydrogens (tertiary/aromatic N) is 1. The fraction of sp³-hybridized carbons (Fsp3) is 0.222. The third-order valence-electron chi connectivity index (χ3n) is 5.71. The predicted octanol–water partition coefficient (Wildman–Crippen LogP) is 5.27. The molecule has 0 aliphatic carbocycles. The first kappa shape index (κ1) is 25.2. The highest BCUT2D eigenvalue weighted by Gasteiger charge is 2.37. The average Bonchev–Trinajstić information content (AvgIpc) is 3.12. The number of hydrogen-bond donors (Lipinski definition) is 1. The zero-order valence-electron chi connectivity index (χ0n) is 19.8. The maximum atomic E-state index is 13.7. The molecule has 0 aromatic heterocycles. The summed E-state index contributed by atoms with van der Waals surface area (Å²) < 4.78 is 25.2. The van der Waals surface area contributed by atoms with E-state index >= 15 is 0 Å². The number of carbonyl (C=O) groups is 3. The zero-order chi connectivity index (χ0) is 25.5. The molecule has 0 saturated carbocycles. The molecule has 3 amide bonds. The molecule has 0 unspecified atom stereocenters. The molecule has 0 fully saturated rings. The summed E-state index contributed by atoms with van der Waals surface area (Å²) in [5.74, 6) is -1.17. The van der Waals surface area contributed by atoms with Crippen molar-refractivity contribution in [1.82, 2.24) is 10.2 Å². The van der Waals surface area contributed by atoms with E-state index < -0.39 is 13.4 Å². The molecule has 3 aromatic carbocycles. The van der Waals surface area contributed by atoms with Crippen LogP contribution in [0.3, 0.4) is 0 Å². The fourth-order valence-corrected chi connectivity index (χ4v) is 5.30. The predicted molar refractivity (Wildman–Crippen MR) is 135 cm³/mol. The van der Waals surface area contributed by atoms with Crippen molar-refractivity contribution in [3.8, 4) is 11.5 Å². The molecule has 0 bridgehead atoms. The van der Waals surface area contributed by atoms with Crippen LogP contribution in [0.15, 0.2) is 84.9 Å². The minimum atomic E-state index is -3.84. The number of amides is 3. The van der Waals surface area contributed by atoms with Crippen molar-refractivity contribution in [2.75, 3.05) is 6.54 Å². The third kappa shape index (κ3) is 5.83. The Labute approximate surface area is 209 Å². The lowest BCUT2D eigenvalue weighted by Gasteiger charge is -2.25. The Bertz CT molecular complexity index is 1200. The second kappa shape index (κ2) is 11.2. The Kier molecular flexibility index (Phi) is 7.86. The number of fused-ring (bicyclic) bond motifs is 1. The maximum Gasteiger partial charge on any atom is 0.452 e. The van der Waals surface area contributed by atoms with Crippen LogP contribution in [-0.2, 0) is 9.36 Å². The Morgan fingerprint density at radius 1 is 0.806 bits per heavy atom. The molecule has 0 saturated heterocycles. The van der Waals surface area contributed by atoms with Crippen molar-refractivity contribution in [1.29, 1.82) is 0 Å². The van der Waals surface area contributed by atoms with Crippen LogP contribution in [0, 0.1) is 0 Å². The van der Waals surface area contributed by atoms with E-state index in [1.807, 2.05) is 12.1 Å². The Balaban J connectivity index is 1.32. The number of unbranched alkanes of at least 4 members (excludes halogenated alkanes) is 1. The number of nitrogens with one attached hydrogen (secondary N) is 1. The number of rotatable bonds is 11. The smallest absolute Gasteiger partial charge is 0.415 e. The van der Waals surface area contributed by atoms with Crippen LogP contribution in [0.4, 0.5) is 0 Å². The van der Waals surface area contributed by atoms with Gasteiger partial charge in [0.1, 0.15) is 11.5 Å². The average molecular weight is 506 g/mol. The van der Waals surface area contributed by atoms with Crippen molar-refractivity contribution in [3.05, 3.63) is 96.1 Å². The monoisotopic (exact) mass is 506 g/mol. The highest BCUT2D eigenvalue weighted by molar-refractivity contribution is 7.55. The Morgan fingerprint density at radius 3 is 1.78 bits per heavy atom. The molecule has 9 heteroatoms. The highest BCUT2D eigenvalue weighted by atomic mass is 31.2. The van der Waals surface area contributed by atoms with Crippen molar-refractivity contribution in [2.45, 2.75) is 32.0 Å². The summed E-state index contributed by atoms with van der Waals surface area (Å²) in [6.07, 6.45) is 1.03. The van der Waals surface area contributed by atoms with E-state index in [2.05, 4.69) is 5.32 Å². The fourth-order valence-electron chi connectivity index (χ4n) is 3.82. The summed E-state index contributed by atoms with van der Waals surface area (Å²) in [6, 6.07) is 24.0. The van der Waals surface area contributed by atoms with Crippen LogP contribution < -0.4 is 14.4 Å². The van der Waals surface area contributed by atoms with Gasteiger partial charge in [0, 0.05) is 13.0 Å². The van der Waals surface area contributed by atoms with Crippen LogP contribution >= 0.6 is 7.60 Å². The quantitative estimate of drug-likeness (QED) is 0.216. The number of carbonyl (C=O) groups excluding carboxylic acids is 3. The van der Waals surface area contributed by atoms with Crippen LogP contribution in [0.25, 0.3) is 0 Å². The van der Waals surface area contributed by atoms with Gasteiger partial charge < -0.3 is 14.4 Å². The van der Waals surface area contributed by atoms with Gasteiger partial charge in [-0.3, -0.25) is 19.3 Å². The summed E-state index contributed by atoms with van der Waals surface area (Å²) in [4.78, 5) is 38.7. The van der Waals surface area contributed by atoms with Gasteiger partial charge in [-0.1, -0.05) is 48.5 Å². The minimum absolute atomic E-state index is 0.129. The van der Waals surface area contributed by atoms with E-state index in [4.69, 9.17) is 9.05 Å². The van der Waals surface area contributed by atoms with Crippen LogP contribution in [0.2, 0.25) is 0 Å². The second-order valence-corrected chi connectivity index (χ2v) is 10.6. The first-order valence-corrected chi connectivity index (χ1v) is 13.3. The third-order valence-corrected chi connectivity index (χ3v) is 7.72. The molecule has 186 valence electrons. The van der Waals surface area contributed by atoms with Gasteiger partial charge in [0.25, 0.3) is 11.8 Å². The first-order valence-electron chi connectivity index (χ1n) is 11.7. The second-order valence-electron chi connectivity index (χ2n) is 8.36. The molecule has 0 radical (unpaired) electrons. The van der Waals surface area contributed by atoms with Gasteiger partial charge in [0.15, 0.2) is 5.78 Å². The molecule has 1 aliphatic rings. The molecule has 36 heavy (non-hydrogen) atoms. The maximum absolute atomic E-state index is 13.7. The van der Waals surface area contributed by atoms with Crippen LogP contribution in [-0.4, -0.2) is 34.9 Å². The minimum Gasteiger partial charge on any atom is -0.415 e. The summed E-state index contributed by atoms with van der Waals surface area (Å²) >= 11 is 0. The van der Waals surface area contributed by atoms with E-state index in [1.54, 1.807) is 79.7 Å². The Hall–Kier alpha value is -3.90. The lowest BCUT2D eigenvalue weighted by Crippen LogP contribution is -2.35. The van der Waals surface area contributed by atoms with E-state index in [9.17, 15) is 18.9 Å². The largest absolute Gasteiger partial charge is 0.452 e. The van der Waals surface area contributed by atoms with Gasteiger partial charge in [0.05, 0.1) is 11.1 Å². The molecular formula is C27H27N2O6P. The lowest BCUT2D eigenvalue weighted by molar-refractivity contribution is -0.121. The number of imide groups is 1. The Morgan fingerprint density at radius 2 is 1.28 bits per heavy atom. The summed E-state index contributed by atoms with van der Waals surface area (Å²) in [5.41, 5.74) is 0.809. The van der Waals surface area contributed by atoms with E-state index in [0.717, 1.165) is 0 Å². The van der Waals surface area contributed by atoms with Crippen molar-refractivity contribution in [3.63, 3.8) is 0 Å². The highest BCUT2D eigenvalue weighted by Crippen LogP contribution is 2.51. The molecule has 1 N–H and O–H groups in total. The van der Waals surface area contributed by atoms with Crippen molar-refractivity contribution >= 4 is 25.3 Å². The molecular weight excluding hydrogens is 479 g/mol. The SMILES string of the molecule is C[C@@H](NC(=O)CCCCN1C(=O)c2ccccc2C1=O)P(=O)(Oc1ccccc1)Oc1ccccc1. The molecule has 1 aliphatic heterocycles. The number of benzene rings is 3. The molecule has 1 heterocycles. The van der Waals surface area contributed by atoms with Gasteiger partial charge in [-0.05, 0) is 56.2 Å². The summed E-state index contributed by atoms with van der Waals surface area (Å²) in [6.45, 7) is 1.80. The normalized spacial score (nSPS) is 13.8. The van der Waals surface area contributed by atoms with Gasteiger partial charge in [-0.2, -0.15) is 0 Å². The number of hydrogen-bond acceptors (Lipinski definition) is 6. The molecule has 4 rings (SSSR count). The topological polar surface area (TPSA) is 102 Å². The molecule has 0 spiro atoms. The van der Waals surface area contributed by atoms with Crippen molar-refractivity contribution in [2.24, 2.45) is 0 Å². The van der Waals surface area contributed by atoms with E-state index in [-0.39, 0.29) is 30.7 Å². The summed E-state index contributed by atoms with van der Waals surface area (Å²) in [7, 11) is -3.84. The zero-order valence-corrected chi connectivity index (χ0v) is 20.7. The van der Waals surface area contributed by atoms with Gasteiger partial charge in [0.2, 0.25) is 5.91 Å². The van der Waals surface area contributed by atoms with E-state index in [0.29, 0.717) is 35.5 Å². The van der Waals surface area contributed by atoms with E-state index in [1.165, 1.54) is 4.90 Å². The van der Waals surface area contributed by atoms with Crippen LogP contribution in [0.1, 0.15) is 46.9 Å².